The number of ether oxygens (including phenoxy) is 1. The fourth-order valence-corrected chi connectivity index (χ4v) is 10.4. The van der Waals surface area contributed by atoms with Crippen LogP contribution in [0.3, 0.4) is 0 Å². The molecular weight excluding hydrogens is 396 g/mol. The molecule has 0 aromatic rings. The van der Waals surface area contributed by atoms with Crippen molar-refractivity contribution in [3.05, 3.63) is 12.2 Å². The molecule has 0 aromatic heterocycles. The minimum atomic E-state index is -0.548. The molecule has 0 radical (unpaired) electrons. The van der Waals surface area contributed by atoms with Gasteiger partial charge in [0.05, 0.1) is 17.6 Å². The van der Waals surface area contributed by atoms with Gasteiger partial charge in [-0.3, -0.25) is 4.79 Å². The van der Waals surface area contributed by atoms with Gasteiger partial charge in [0, 0.05) is 5.92 Å². The van der Waals surface area contributed by atoms with E-state index in [0.29, 0.717) is 17.8 Å². The lowest BCUT2D eigenvalue weighted by Crippen LogP contribution is -2.64. The van der Waals surface area contributed by atoms with Crippen LogP contribution in [0.1, 0.15) is 80.1 Å². The van der Waals surface area contributed by atoms with Gasteiger partial charge in [-0.2, -0.15) is 0 Å². The average molecular weight is 441 g/mol. The molecule has 6 rings (SSSR count). The van der Waals surface area contributed by atoms with Crippen LogP contribution < -0.4 is 0 Å². The fraction of sp³-hybridized carbons (Fsp3) is 0.897. The zero-order valence-corrected chi connectivity index (χ0v) is 21.0. The van der Waals surface area contributed by atoms with E-state index in [-0.39, 0.29) is 34.9 Å². The Kier molecular flexibility index (Phi) is 4.58. The van der Waals surface area contributed by atoms with E-state index in [4.69, 9.17) is 4.74 Å². The van der Waals surface area contributed by atoms with E-state index in [1.54, 1.807) is 6.08 Å². The highest BCUT2D eigenvalue weighted by molar-refractivity contribution is 5.97. The summed E-state index contributed by atoms with van der Waals surface area (Å²) >= 11 is 0. The van der Waals surface area contributed by atoms with Gasteiger partial charge in [0.25, 0.3) is 0 Å². The highest BCUT2D eigenvalue weighted by atomic mass is 16.6. The van der Waals surface area contributed by atoms with E-state index in [1.807, 2.05) is 6.08 Å². The van der Waals surface area contributed by atoms with E-state index in [0.717, 1.165) is 48.9 Å². The Bertz CT molecular complexity index is 847. The Morgan fingerprint density at radius 3 is 2.56 bits per heavy atom. The third kappa shape index (κ3) is 2.54. The molecule has 5 aliphatic carbocycles. The number of aliphatic hydroxyl groups excluding tert-OH is 1. The van der Waals surface area contributed by atoms with E-state index >= 15 is 0 Å². The molecule has 1 N–H and O–H groups in total. The summed E-state index contributed by atoms with van der Waals surface area (Å²) in [6.07, 6.45) is 10.4. The molecule has 1 saturated heterocycles. The lowest BCUT2D eigenvalue weighted by atomic mass is 9.44. The molecule has 3 heteroatoms. The van der Waals surface area contributed by atoms with Gasteiger partial charge in [0.15, 0.2) is 5.78 Å². The Morgan fingerprint density at radius 1 is 1.09 bits per heavy atom. The predicted molar refractivity (Wildman–Crippen MR) is 126 cm³/mol. The van der Waals surface area contributed by atoms with Crippen molar-refractivity contribution >= 4 is 5.78 Å². The number of aliphatic hydroxyl groups is 1. The van der Waals surface area contributed by atoms with Crippen LogP contribution in [0.5, 0.6) is 0 Å². The molecule has 4 saturated carbocycles. The third-order valence-corrected chi connectivity index (χ3v) is 12.5. The molecule has 1 aliphatic heterocycles. The first kappa shape index (κ1) is 21.8. The van der Waals surface area contributed by atoms with Crippen LogP contribution in [0.4, 0.5) is 0 Å². The molecule has 1 heterocycles. The third-order valence-electron chi connectivity index (χ3n) is 12.5. The normalized spacial score (nSPS) is 57.3. The topological polar surface area (TPSA) is 49.8 Å². The number of allylic oxidation sites excluding steroid dienone is 1. The largest absolute Gasteiger partial charge is 0.393 e. The lowest BCUT2D eigenvalue weighted by molar-refractivity contribution is -0.166. The van der Waals surface area contributed by atoms with Crippen LogP contribution in [-0.2, 0) is 9.53 Å². The zero-order chi connectivity index (χ0) is 22.8. The number of epoxide rings is 1. The number of rotatable bonds is 4. The first-order valence-corrected chi connectivity index (χ1v) is 13.6. The molecular formula is C29H44O3. The molecule has 0 amide bonds. The number of ketones is 1. The van der Waals surface area contributed by atoms with Crippen molar-refractivity contribution in [1.82, 2.24) is 0 Å². The minimum absolute atomic E-state index is 0.0560. The molecule has 1 unspecified atom stereocenters. The van der Waals surface area contributed by atoms with Gasteiger partial charge in [-0.1, -0.05) is 40.7 Å². The Balaban J connectivity index is 1.28. The summed E-state index contributed by atoms with van der Waals surface area (Å²) in [4.78, 5) is 13.3. The Labute approximate surface area is 194 Å². The van der Waals surface area contributed by atoms with Crippen LogP contribution in [0, 0.1) is 64.1 Å². The Morgan fingerprint density at radius 2 is 1.84 bits per heavy atom. The molecule has 32 heavy (non-hydrogen) atoms. The van der Waals surface area contributed by atoms with E-state index in [9.17, 15) is 9.90 Å². The highest BCUT2D eigenvalue weighted by Crippen LogP contribution is 2.73. The van der Waals surface area contributed by atoms with Crippen molar-refractivity contribution in [2.75, 3.05) is 0 Å². The lowest BCUT2D eigenvalue weighted by Gasteiger charge is -2.59. The van der Waals surface area contributed by atoms with Gasteiger partial charge < -0.3 is 9.84 Å². The first-order valence-electron chi connectivity index (χ1n) is 13.6. The van der Waals surface area contributed by atoms with Gasteiger partial charge in [0.2, 0.25) is 0 Å². The monoisotopic (exact) mass is 440 g/mol. The molecule has 5 fully saturated rings. The molecule has 178 valence electrons. The Hall–Kier alpha value is -0.670. The predicted octanol–water partition coefficient (Wildman–Crippen LogP) is 5.66. The summed E-state index contributed by atoms with van der Waals surface area (Å²) in [5.41, 5.74) is -0.671. The average Bonchev–Trinajstić information content (AvgIpc) is 3.62. The van der Waals surface area contributed by atoms with Gasteiger partial charge in [-0.25, -0.2) is 0 Å². The highest BCUT2D eigenvalue weighted by Gasteiger charge is 2.78. The summed E-state index contributed by atoms with van der Waals surface area (Å²) in [5.74, 6) is 6.12. The molecule has 6 aliphatic rings. The minimum Gasteiger partial charge on any atom is -0.393 e. The van der Waals surface area contributed by atoms with Crippen molar-refractivity contribution < 1.29 is 14.6 Å². The summed E-state index contributed by atoms with van der Waals surface area (Å²) in [7, 11) is 0. The van der Waals surface area contributed by atoms with Crippen molar-refractivity contribution in [2.45, 2.75) is 97.9 Å². The van der Waals surface area contributed by atoms with Crippen LogP contribution in [0.2, 0.25) is 0 Å². The number of carbonyl (C=O) groups excluding carboxylic acids is 1. The van der Waals surface area contributed by atoms with Crippen LogP contribution in [0.25, 0.3) is 0 Å². The molecule has 0 bridgehead atoms. The van der Waals surface area contributed by atoms with Gasteiger partial charge in [-0.15, -0.1) is 0 Å². The van der Waals surface area contributed by atoms with Crippen molar-refractivity contribution in [2.24, 2.45) is 64.1 Å². The van der Waals surface area contributed by atoms with E-state index in [2.05, 4.69) is 41.5 Å². The quantitative estimate of drug-likeness (QED) is 0.574. The number of carbonyl (C=O) groups is 1. The second-order valence-corrected chi connectivity index (χ2v) is 13.7. The number of hydrogen-bond donors (Lipinski definition) is 1. The van der Waals surface area contributed by atoms with Crippen LogP contribution >= 0.6 is 0 Å². The summed E-state index contributed by atoms with van der Waals surface area (Å²) in [6, 6.07) is 0. The van der Waals surface area contributed by atoms with Gasteiger partial charge in [-0.05, 0) is 104 Å². The number of fused-ring (bicyclic) bond motifs is 4. The van der Waals surface area contributed by atoms with E-state index < -0.39 is 5.41 Å². The molecule has 0 aromatic carbocycles. The zero-order valence-electron chi connectivity index (χ0n) is 21.0. The van der Waals surface area contributed by atoms with Crippen molar-refractivity contribution in [1.29, 1.82) is 0 Å². The van der Waals surface area contributed by atoms with Crippen LogP contribution in [0.15, 0.2) is 12.2 Å². The maximum absolute atomic E-state index is 13.3. The summed E-state index contributed by atoms with van der Waals surface area (Å²) in [5, 5.41) is 11.7. The van der Waals surface area contributed by atoms with Gasteiger partial charge in [0.1, 0.15) is 5.60 Å². The maximum Gasteiger partial charge on any atom is 0.164 e. The molecule has 3 nitrogen and oxygen atoms in total. The SMILES string of the molecule is CC(C)[C@@H](C)C1C[C@@H]1[C@@H](C)[C@H]1CC[C@H]2[C@@H]3C[C@H]4O[C@]45CC=CC(=O)[C@]5(C)[C@H]3[C@H](O)C[C@]12C. The summed E-state index contributed by atoms with van der Waals surface area (Å²) < 4.78 is 6.37. The van der Waals surface area contributed by atoms with Crippen molar-refractivity contribution in [3.8, 4) is 0 Å². The maximum atomic E-state index is 13.3. The second-order valence-electron chi connectivity index (χ2n) is 13.7. The molecule has 1 spiro atoms. The first-order chi connectivity index (χ1) is 15.1. The standard InChI is InChI=1S/C29H44O3/c1-15(2)16(3)18-12-19(18)17(4)21-9-10-22-20-13-25-29(32-25)11-7-8-24(31)28(29,6)26(20)23(30)14-27(21,22)5/h7-8,15-23,25-26,30H,9-14H2,1-6H3/t16-,17-,18?,19-,20+,21-,22+,23-,25-,26-,27-,28-,29-/m1/s1. The smallest absolute Gasteiger partial charge is 0.164 e. The van der Waals surface area contributed by atoms with E-state index in [1.165, 1.54) is 19.3 Å². The second kappa shape index (κ2) is 6.72. The summed E-state index contributed by atoms with van der Waals surface area (Å²) in [6.45, 7) is 14.4. The molecule has 13 atom stereocenters. The number of hydrogen-bond acceptors (Lipinski definition) is 3. The van der Waals surface area contributed by atoms with Crippen molar-refractivity contribution in [3.63, 3.8) is 0 Å². The van der Waals surface area contributed by atoms with Gasteiger partial charge >= 0.3 is 0 Å². The fourth-order valence-electron chi connectivity index (χ4n) is 10.4. The van der Waals surface area contributed by atoms with Crippen LogP contribution in [-0.4, -0.2) is 28.7 Å².